The van der Waals surface area contributed by atoms with Crippen LogP contribution >= 0.6 is 12.4 Å². The standard InChI is InChI=1S/C18H21FN2O.ClH/c1-12-3-5-15(6-4-12)17(20)18(22)21-10-9-14-7-8-16(19)11-13(14)2;/h3-8,11,17H,9-10,20H2,1-2H3,(H,21,22);1H. The van der Waals surface area contributed by atoms with Gasteiger partial charge in [0.05, 0.1) is 0 Å². The van der Waals surface area contributed by atoms with Crippen molar-refractivity contribution in [1.82, 2.24) is 5.32 Å². The first kappa shape index (κ1) is 19.1. The summed E-state index contributed by atoms with van der Waals surface area (Å²) in [7, 11) is 0. The van der Waals surface area contributed by atoms with Crippen molar-refractivity contribution in [2.24, 2.45) is 5.73 Å². The third-order valence-electron chi connectivity index (χ3n) is 3.72. The van der Waals surface area contributed by atoms with Crippen molar-refractivity contribution in [1.29, 1.82) is 0 Å². The molecule has 0 saturated carbocycles. The lowest BCUT2D eigenvalue weighted by Crippen LogP contribution is -2.35. The second-order valence-corrected chi connectivity index (χ2v) is 5.50. The fourth-order valence-electron chi connectivity index (χ4n) is 2.30. The van der Waals surface area contributed by atoms with Gasteiger partial charge in [-0.15, -0.1) is 12.4 Å². The van der Waals surface area contributed by atoms with Gasteiger partial charge in [-0.2, -0.15) is 0 Å². The van der Waals surface area contributed by atoms with Crippen molar-refractivity contribution in [3.05, 3.63) is 70.5 Å². The molecule has 0 fully saturated rings. The monoisotopic (exact) mass is 336 g/mol. The Kier molecular flexibility index (Phi) is 7.20. The first-order valence-electron chi connectivity index (χ1n) is 7.32. The molecule has 3 nitrogen and oxygen atoms in total. The molecule has 1 unspecified atom stereocenters. The number of rotatable bonds is 5. The summed E-state index contributed by atoms with van der Waals surface area (Å²) in [4.78, 5) is 12.1. The minimum atomic E-state index is -0.671. The average molecular weight is 337 g/mol. The number of amides is 1. The lowest BCUT2D eigenvalue weighted by atomic mass is 10.0. The molecule has 2 aromatic rings. The Labute approximate surface area is 142 Å². The number of hydrogen-bond acceptors (Lipinski definition) is 2. The summed E-state index contributed by atoms with van der Waals surface area (Å²) >= 11 is 0. The fraction of sp³-hybridized carbons (Fsp3) is 0.278. The van der Waals surface area contributed by atoms with E-state index >= 15 is 0 Å². The minimum absolute atomic E-state index is 0. The molecule has 1 amide bonds. The normalized spacial score (nSPS) is 11.5. The zero-order chi connectivity index (χ0) is 16.1. The number of halogens is 2. The van der Waals surface area contributed by atoms with E-state index in [0.717, 1.165) is 22.3 Å². The molecule has 0 aromatic heterocycles. The molecule has 2 rings (SSSR count). The Bertz CT molecular complexity index is 659. The van der Waals surface area contributed by atoms with Crippen molar-refractivity contribution in [3.63, 3.8) is 0 Å². The van der Waals surface area contributed by atoms with E-state index < -0.39 is 6.04 Å². The predicted octanol–water partition coefficient (Wildman–Crippen LogP) is 3.22. The summed E-state index contributed by atoms with van der Waals surface area (Å²) in [5, 5.41) is 2.83. The van der Waals surface area contributed by atoms with Crippen LogP contribution in [-0.4, -0.2) is 12.5 Å². The SMILES string of the molecule is Cc1ccc(C(N)C(=O)NCCc2ccc(F)cc2C)cc1.Cl. The van der Waals surface area contributed by atoms with Gasteiger partial charge in [0.1, 0.15) is 11.9 Å². The zero-order valence-corrected chi connectivity index (χ0v) is 14.1. The van der Waals surface area contributed by atoms with E-state index in [9.17, 15) is 9.18 Å². The highest BCUT2D eigenvalue weighted by atomic mass is 35.5. The summed E-state index contributed by atoms with van der Waals surface area (Å²) in [5.74, 6) is -0.449. The molecule has 0 radical (unpaired) electrons. The van der Waals surface area contributed by atoms with Gasteiger partial charge >= 0.3 is 0 Å². The van der Waals surface area contributed by atoms with Gasteiger partial charge in [-0.3, -0.25) is 4.79 Å². The van der Waals surface area contributed by atoms with Crippen molar-refractivity contribution < 1.29 is 9.18 Å². The number of aryl methyl sites for hydroxylation is 2. The highest BCUT2D eigenvalue weighted by molar-refractivity contribution is 5.85. The van der Waals surface area contributed by atoms with Gasteiger partial charge in [-0.05, 0) is 49.1 Å². The van der Waals surface area contributed by atoms with E-state index in [1.165, 1.54) is 12.1 Å². The maximum atomic E-state index is 13.0. The summed E-state index contributed by atoms with van der Waals surface area (Å²) in [6.07, 6.45) is 0.651. The average Bonchev–Trinajstić information content (AvgIpc) is 2.49. The zero-order valence-electron chi connectivity index (χ0n) is 13.3. The Morgan fingerprint density at radius 2 is 1.83 bits per heavy atom. The van der Waals surface area contributed by atoms with Crippen LogP contribution in [0.5, 0.6) is 0 Å². The van der Waals surface area contributed by atoms with Crippen LogP contribution in [0.3, 0.4) is 0 Å². The Balaban J connectivity index is 0.00000264. The van der Waals surface area contributed by atoms with Crippen molar-refractivity contribution in [3.8, 4) is 0 Å². The maximum absolute atomic E-state index is 13.0. The molecule has 0 bridgehead atoms. The molecule has 2 aromatic carbocycles. The van der Waals surface area contributed by atoms with Crippen LogP contribution in [0, 0.1) is 19.7 Å². The molecular formula is C18H22ClFN2O. The molecule has 124 valence electrons. The van der Waals surface area contributed by atoms with E-state index in [-0.39, 0.29) is 24.1 Å². The number of carbonyl (C=O) groups excluding carboxylic acids is 1. The molecule has 5 heteroatoms. The van der Waals surface area contributed by atoms with Gasteiger partial charge in [0, 0.05) is 6.54 Å². The van der Waals surface area contributed by atoms with E-state index in [4.69, 9.17) is 5.73 Å². The summed E-state index contributed by atoms with van der Waals surface area (Å²) in [5.41, 5.74) is 9.78. The smallest absolute Gasteiger partial charge is 0.241 e. The van der Waals surface area contributed by atoms with E-state index in [1.54, 1.807) is 6.07 Å². The summed E-state index contributed by atoms with van der Waals surface area (Å²) < 4.78 is 13.0. The highest BCUT2D eigenvalue weighted by Gasteiger charge is 2.15. The molecule has 23 heavy (non-hydrogen) atoms. The Hall–Kier alpha value is -1.91. The first-order valence-corrected chi connectivity index (χ1v) is 7.32. The van der Waals surface area contributed by atoms with Gasteiger partial charge in [0.25, 0.3) is 0 Å². The van der Waals surface area contributed by atoms with Gasteiger partial charge in [-0.1, -0.05) is 35.9 Å². The molecule has 0 spiro atoms. The predicted molar refractivity (Wildman–Crippen MR) is 93.2 cm³/mol. The van der Waals surface area contributed by atoms with Crippen LogP contribution in [-0.2, 0) is 11.2 Å². The first-order chi connectivity index (χ1) is 10.5. The number of hydrogen-bond donors (Lipinski definition) is 2. The molecular weight excluding hydrogens is 315 g/mol. The third kappa shape index (κ3) is 5.34. The Morgan fingerprint density at radius 1 is 1.17 bits per heavy atom. The van der Waals surface area contributed by atoms with Crippen molar-refractivity contribution in [2.75, 3.05) is 6.54 Å². The third-order valence-corrected chi connectivity index (χ3v) is 3.72. The quantitative estimate of drug-likeness (QED) is 0.880. The molecule has 0 saturated heterocycles. The van der Waals surface area contributed by atoms with Crippen molar-refractivity contribution in [2.45, 2.75) is 26.3 Å². The van der Waals surface area contributed by atoms with Crippen molar-refractivity contribution >= 4 is 18.3 Å². The van der Waals surface area contributed by atoms with Gasteiger partial charge < -0.3 is 11.1 Å². The van der Waals surface area contributed by atoms with E-state index in [2.05, 4.69) is 5.32 Å². The lowest BCUT2D eigenvalue weighted by molar-refractivity contribution is -0.122. The lowest BCUT2D eigenvalue weighted by Gasteiger charge is -2.13. The molecule has 1 atom stereocenters. The number of benzene rings is 2. The van der Waals surface area contributed by atoms with Crippen LogP contribution < -0.4 is 11.1 Å². The van der Waals surface area contributed by atoms with Crippen LogP contribution in [0.25, 0.3) is 0 Å². The second-order valence-electron chi connectivity index (χ2n) is 5.50. The highest BCUT2D eigenvalue weighted by Crippen LogP contribution is 2.12. The van der Waals surface area contributed by atoms with Gasteiger partial charge in [0.15, 0.2) is 0 Å². The Morgan fingerprint density at radius 3 is 2.43 bits per heavy atom. The number of carbonyl (C=O) groups is 1. The molecule has 0 heterocycles. The summed E-state index contributed by atoms with van der Waals surface area (Å²) in [6, 6.07) is 11.6. The van der Waals surface area contributed by atoms with Crippen LogP contribution in [0.4, 0.5) is 4.39 Å². The van der Waals surface area contributed by atoms with E-state index in [1.807, 2.05) is 38.1 Å². The largest absolute Gasteiger partial charge is 0.354 e. The topological polar surface area (TPSA) is 55.1 Å². The van der Waals surface area contributed by atoms with Gasteiger partial charge in [0.2, 0.25) is 5.91 Å². The second kappa shape index (κ2) is 8.65. The van der Waals surface area contributed by atoms with Crippen LogP contribution in [0.15, 0.2) is 42.5 Å². The van der Waals surface area contributed by atoms with Crippen LogP contribution in [0.2, 0.25) is 0 Å². The molecule has 3 N–H and O–H groups in total. The molecule has 0 aliphatic carbocycles. The van der Waals surface area contributed by atoms with Crippen LogP contribution in [0.1, 0.15) is 28.3 Å². The minimum Gasteiger partial charge on any atom is -0.354 e. The summed E-state index contributed by atoms with van der Waals surface area (Å²) in [6.45, 7) is 4.32. The maximum Gasteiger partial charge on any atom is 0.241 e. The molecule has 0 aliphatic heterocycles. The number of nitrogens with one attached hydrogen (secondary N) is 1. The molecule has 0 aliphatic rings. The number of nitrogens with two attached hydrogens (primary N) is 1. The van der Waals surface area contributed by atoms with Gasteiger partial charge in [-0.25, -0.2) is 4.39 Å². The fourth-order valence-corrected chi connectivity index (χ4v) is 2.30. The van der Waals surface area contributed by atoms with E-state index in [0.29, 0.717) is 13.0 Å².